The smallest absolute Gasteiger partial charge is 0.460 e. The Bertz CT molecular complexity index is 1520. The van der Waals surface area contributed by atoms with Crippen molar-refractivity contribution < 1.29 is 98.4 Å². The minimum atomic E-state index is -8.68. The van der Waals surface area contributed by atoms with Crippen LogP contribution in [0, 0.1) is 5.92 Å². The SMILES string of the molecule is C=CCOC(=O)/C=C(\C)[C@@H](C)[C@@H](O)c1ccc(OCCO[Si](CCC(F)(F)C(F)(F)C(F)(F)C(F)(F)C(F)(F)C(F)(F)C(F)(F)C(F)(F)F)(C(C)C)C(C)C)cc1. The van der Waals surface area contributed by atoms with Gasteiger partial charge in [0.05, 0.1) is 12.7 Å². The number of hydrogen-bond donors (Lipinski definition) is 1. The topological polar surface area (TPSA) is 65.0 Å². The average Bonchev–Trinajstić information content (AvgIpc) is 3.08. The molecule has 0 heterocycles. The van der Waals surface area contributed by atoms with Crippen LogP contribution in [-0.2, 0) is 14.0 Å². The summed E-state index contributed by atoms with van der Waals surface area (Å²) in [4.78, 5) is 11.8. The van der Waals surface area contributed by atoms with Crippen molar-refractivity contribution in [2.75, 3.05) is 19.8 Å². The standard InChI is InChI=1S/C34H41F17O5Si/c1-8-14-55-25(52)18-21(6)22(7)26(53)23-9-11-24(12-10-23)54-15-16-56-57(19(2)3,20(4)5)17-13-27(35,36)28(37,38)29(39,40)30(41,42)31(43,44)32(45,46)33(47,48)34(49,50)51/h8-12,18-20,22,26,53H,1,13-17H2,2-7H3/b21-18+/t22-,26-/m1/s1. The summed E-state index contributed by atoms with van der Waals surface area (Å²) in [5.41, 5.74) is -0.869. The molecule has 0 spiro atoms. The lowest BCUT2D eigenvalue weighted by molar-refractivity contribution is -0.461. The van der Waals surface area contributed by atoms with Gasteiger partial charge in [-0.1, -0.05) is 65.0 Å². The number of aliphatic hydroxyl groups is 1. The number of esters is 1. The van der Waals surface area contributed by atoms with Crippen molar-refractivity contribution in [2.24, 2.45) is 5.92 Å². The lowest BCUT2D eigenvalue weighted by Crippen LogP contribution is -2.74. The fourth-order valence-corrected chi connectivity index (χ4v) is 10.0. The number of hydrogen-bond acceptors (Lipinski definition) is 5. The Morgan fingerprint density at radius 3 is 1.58 bits per heavy atom. The molecule has 0 bridgehead atoms. The number of halogens is 17. The maximum atomic E-state index is 14.9. The van der Waals surface area contributed by atoms with E-state index in [0.29, 0.717) is 11.1 Å². The molecule has 1 aromatic rings. The molecule has 0 fully saturated rings. The maximum Gasteiger partial charge on any atom is 0.460 e. The highest BCUT2D eigenvalue weighted by Gasteiger charge is 2.95. The van der Waals surface area contributed by atoms with Crippen LogP contribution in [0.4, 0.5) is 74.6 Å². The fraction of sp³-hybridized carbons (Fsp3) is 0.676. The molecule has 1 N–H and O–H groups in total. The molecule has 0 saturated heterocycles. The van der Waals surface area contributed by atoms with Gasteiger partial charge in [-0.25, -0.2) is 4.79 Å². The molecule has 0 amide bonds. The van der Waals surface area contributed by atoms with Crippen LogP contribution in [0.5, 0.6) is 5.75 Å². The van der Waals surface area contributed by atoms with Gasteiger partial charge in [0.1, 0.15) is 19.0 Å². The first-order valence-corrected chi connectivity index (χ1v) is 19.0. The van der Waals surface area contributed by atoms with Crippen LogP contribution in [0.1, 0.15) is 59.6 Å². The van der Waals surface area contributed by atoms with E-state index in [1.54, 1.807) is 13.8 Å². The Labute approximate surface area is 317 Å². The summed E-state index contributed by atoms with van der Waals surface area (Å²) in [7, 11) is -3.96. The van der Waals surface area contributed by atoms with E-state index in [9.17, 15) is 84.5 Å². The number of carbonyl (C=O) groups excluding carboxylic acids is 1. The second-order valence-corrected chi connectivity index (χ2v) is 18.7. The minimum absolute atomic E-state index is 0.0279. The van der Waals surface area contributed by atoms with E-state index in [-0.39, 0.29) is 19.0 Å². The highest BCUT2D eigenvalue weighted by Crippen LogP contribution is 2.64. The predicted octanol–water partition coefficient (Wildman–Crippen LogP) is 11.6. The molecule has 23 heteroatoms. The van der Waals surface area contributed by atoms with E-state index in [2.05, 4.69) is 6.58 Å². The average molecular weight is 881 g/mol. The first-order valence-electron chi connectivity index (χ1n) is 16.7. The summed E-state index contributed by atoms with van der Waals surface area (Å²) < 4.78 is 250. The van der Waals surface area contributed by atoms with E-state index in [1.807, 2.05) is 0 Å². The van der Waals surface area contributed by atoms with Crippen LogP contribution in [-0.4, -0.2) is 86.8 Å². The third kappa shape index (κ3) is 10.0. The van der Waals surface area contributed by atoms with Crippen LogP contribution in [0.25, 0.3) is 0 Å². The van der Waals surface area contributed by atoms with Gasteiger partial charge < -0.3 is 19.0 Å². The second kappa shape index (κ2) is 18.0. The van der Waals surface area contributed by atoms with E-state index < -0.39 is 104 Å². The summed E-state index contributed by atoms with van der Waals surface area (Å²) >= 11 is 0. The highest BCUT2D eigenvalue weighted by atomic mass is 28.4. The van der Waals surface area contributed by atoms with E-state index in [0.717, 1.165) is 0 Å². The monoisotopic (exact) mass is 880 g/mol. The van der Waals surface area contributed by atoms with Gasteiger partial charge in [0.2, 0.25) is 0 Å². The molecular weight excluding hydrogens is 839 g/mol. The lowest BCUT2D eigenvalue weighted by atomic mass is 9.88. The molecule has 57 heavy (non-hydrogen) atoms. The largest absolute Gasteiger partial charge is 0.491 e. The first-order chi connectivity index (χ1) is 25.5. The van der Waals surface area contributed by atoms with Crippen molar-refractivity contribution in [1.82, 2.24) is 0 Å². The molecule has 1 rings (SSSR count). The van der Waals surface area contributed by atoms with Crippen molar-refractivity contribution in [3.8, 4) is 5.75 Å². The number of benzene rings is 1. The Hall–Kier alpha value is -3.08. The van der Waals surface area contributed by atoms with Gasteiger partial charge in [-0.3, -0.25) is 0 Å². The van der Waals surface area contributed by atoms with Gasteiger partial charge in [-0.2, -0.15) is 74.6 Å². The second-order valence-electron chi connectivity index (χ2n) is 13.7. The lowest BCUT2D eigenvalue weighted by Gasteiger charge is -2.44. The summed E-state index contributed by atoms with van der Waals surface area (Å²) in [5, 5.41) is 10.7. The third-order valence-corrected chi connectivity index (χ3v) is 15.1. The first kappa shape index (κ1) is 51.9. The number of alkyl halides is 17. The van der Waals surface area contributed by atoms with Crippen molar-refractivity contribution >= 4 is 14.3 Å². The fourth-order valence-electron chi connectivity index (χ4n) is 5.55. The molecule has 0 aliphatic carbocycles. The number of ether oxygens (including phenoxy) is 2. The zero-order valence-electron chi connectivity index (χ0n) is 31.0. The van der Waals surface area contributed by atoms with Gasteiger partial charge in [0, 0.05) is 18.4 Å². The molecule has 0 aliphatic rings. The Morgan fingerprint density at radius 2 is 1.16 bits per heavy atom. The van der Waals surface area contributed by atoms with Gasteiger partial charge in [0.15, 0.2) is 8.32 Å². The normalized spacial score (nSPS) is 15.9. The Morgan fingerprint density at radius 1 is 0.719 bits per heavy atom. The molecule has 330 valence electrons. The van der Waals surface area contributed by atoms with Crippen molar-refractivity contribution in [1.29, 1.82) is 0 Å². The molecule has 1 aromatic carbocycles. The van der Waals surface area contributed by atoms with Gasteiger partial charge in [-0.15, -0.1) is 0 Å². The predicted molar refractivity (Wildman–Crippen MR) is 173 cm³/mol. The van der Waals surface area contributed by atoms with Crippen molar-refractivity contribution in [2.45, 2.75) is 119 Å². The maximum absolute atomic E-state index is 14.9. The number of rotatable bonds is 22. The summed E-state index contributed by atoms with van der Waals surface area (Å²) in [6.07, 6.45) is -8.93. The van der Waals surface area contributed by atoms with Crippen LogP contribution in [0.2, 0.25) is 17.1 Å². The van der Waals surface area contributed by atoms with Crippen LogP contribution < -0.4 is 4.74 Å². The van der Waals surface area contributed by atoms with Gasteiger partial charge in [-0.05, 0) is 41.7 Å². The zero-order chi connectivity index (χ0) is 45.0. The third-order valence-electron chi connectivity index (χ3n) is 9.40. The van der Waals surface area contributed by atoms with Crippen molar-refractivity contribution in [3.63, 3.8) is 0 Å². The Kier molecular flexibility index (Phi) is 16.4. The molecule has 2 atom stereocenters. The molecule has 0 saturated carbocycles. The molecular formula is C34H41F17O5Si. The number of carbonyl (C=O) groups is 1. The van der Waals surface area contributed by atoms with Crippen LogP contribution in [0.15, 0.2) is 48.6 Å². The summed E-state index contributed by atoms with van der Waals surface area (Å²) in [6, 6.07) is 4.36. The summed E-state index contributed by atoms with van der Waals surface area (Å²) in [6.45, 7) is 11.0. The van der Waals surface area contributed by atoms with E-state index in [4.69, 9.17) is 13.9 Å². The van der Waals surface area contributed by atoms with Crippen LogP contribution >= 0.6 is 0 Å². The van der Waals surface area contributed by atoms with E-state index in [1.165, 1.54) is 64.1 Å². The molecule has 0 aliphatic heterocycles. The molecule has 0 radical (unpaired) electrons. The summed E-state index contributed by atoms with van der Waals surface area (Å²) in [5.74, 6) is -57.8. The Balaban J connectivity index is 3.21. The van der Waals surface area contributed by atoms with Gasteiger partial charge >= 0.3 is 53.6 Å². The highest BCUT2D eigenvalue weighted by molar-refractivity contribution is 6.76. The minimum Gasteiger partial charge on any atom is -0.491 e. The quantitative estimate of drug-likeness (QED) is 0.0314. The molecule has 0 aromatic heterocycles. The number of aliphatic hydroxyl groups excluding tert-OH is 1. The van der Waals surface area contributed by atoms with Crippen LogP contribution in [0.3, 0.4) is 0 Å². The van der Waals surface area contributed by atoms with E-state index >= 15 is 0 Å². The molecule has 5 nitrogen and oxygen atoms in total. The molecule has 0 unspecified atom stereocenters. The van der Waals surface area contributed by atoms with Crippen molar-refractivity contribution in [3.05, 3.63) is 54.1 Å². The zero-order valence-corrected chi connectivity index (χ0v) is 32.0. The van der Waals surface area contributed by atoms with Gasteiger partial charge in [0.25, 0.3) is 0 Å².